The number of hydrogen-bond acceptors (Lipinski definition) is 5. The topological polar surface area (TPSA) is 72.5 Å². The largest absolute Gasteiger partial charge is 0.495 e. The maximum Gasteiger partial charge on any atom is 0.254 e. The summed E-state index contributed by atoms with van der Waals surface area (Å²) in [5, 5.41) is 5.51. The van der Waals surface area contributed by atoms with E-state index in [2.05, 4.69) is 28.3 Å². The first kappa shape index (κ1) is 24.0. The lowest BCUT2D eigenvalue weighted by atomic mass is 10.1. The quantitative estimate of drug-likeness (QED) is 0.555. The molecule has 1 saturated carbocycles. The summed E-state index contributed by atoms with van der Waals surface area (Å²) in [5.41, 5.74) is 3.75. The maximum absolute atomic E-state index is 14.5. The van der Waals surface area contributed by atoms with Crippen LogP contribution in [-0.4, -0.2) is 31.2 Å². The number of hydrogen-bond donors (Lipinski definition) is 2. The van der Waals surface area contributed by atoms with Gasteiger partial charge in [0.05, 0.1) is 18.4 Å². The van der Waals surface area contributed by atoms with Gasteiger partial charge in [0, 0.05) is 43.8 Å². The number of halogens is 1. The minimum Gasteiger partial charge on any atom is -0.495 e. The van der Waals surface area contributed by atoms with Crippen LogP contribution in [-0.2, 0) is 6.42 Å². The number of nitrogens with zero attached hydrogens (tertiary/aromatic N) is 1. The van der Waals surface area contributed by atoms with E-state index in [0.717, 1.165) is 30.6 Å². The Morgan fingerprint density at radius 3 is 2.67 bits per heavy atom. The van der Waals surface area contributed by atoms with Crippen molar-refractivity contribution < 1.29 is 18.7 Å². The van der Waals surface area contributed by atoms with Crippen LogP contribution in [0.4, 0.5) is 15.9 Å². The summed E-state index contributed by atoms with van der Waals surface area (Å²) in [6.45, 7) is 7.87. The van der Waals surface area contributed by atoms with E-state index >= 15 is 0 Å². The Balaban J connectivity index is 1.87. The molecule has 174 valence electrons. The highest BCUT2D eigenvalue weighted by molar-refractivity contribution is 5.95. The van der Waals surface area contributed by atoms with Crippen molar-refractivity contribution in [1.29, 1.82) is 0 Å². The lowest BCUT2D eigenvalue weighted by Gasteiger charge is -2.18. The number of benzene rings is 1. The molecule has 2 N–H and O–H groups in total. The first-order chi connectivity index (χ1) is 15.9. The van der Waals surface area contributed by atoms with Gasteiger partial charge in [-0.2, -0.15) is 0 Å². The number of anilines is 2. The Morgan fingerprint density at radius 1 is 1.27 bits per heavy atom. The van der Waals surface area contributed by atoms with Crippen LogP contribution >= 0.6 is 0 Å². The Morgan fingerprint density at radius 2 is 2.03 bits per heavy atom. The molecule has 0 radical (unpaired) electrons. The number of nitrogens with one attached hydrogen (secondary N) is 2. The van der Waals surface area contributed by atoms with Crippen molar-refractivity contribution in [2.24, 2.45) is 0 Å². The van der Waals surface area contributed by atoms with Crippen molar-refractivity contribution in [2.45, 2.75) is 39.2 Å². The van der Waals surface area contributed by atoms with Gasteiger partial charge in [-0.3, -0.25) is 4.79 Å². The molecule has 0 aliphatic heterocycles. The van der Waals surface area contributed by atoms with E-state index in [1.807, 2.05) is 26.0 Å². The second-order valence-corrected chi connectivity index (χ2v) is 7.66. The standard InChI is InChI=1S/C26H30FN3O3/c1-6-9-18-11-19(10-16(18)7-2)33-23-14-25(29-15-17(23)8-3)30-22-13-21(27)20(26(31)28-4)12-24(22)32-5/h6-7,9,12-15,19H,1,8,10-11H2,2-5H3,(H,28,31)(H,29,30)/b16-7-,18-9-. The molecule has 1 unspecified atom stereocenters. The third kappa shape index (κ3) is 5.42. The molecule has 1 atom stereocenters. The Labute approximate surface area is 194 Å². The van der Waals surface area contributed by atoms with Gasteiger partial charge in [0.1, 0.15) is 29.2 Å². The molecule has 33 heavy (non-hydrogen) atoms. The maximum atomic E-state index is 14.5. The summed E-state index contributed by atoms with van der Waals surface area (Å²) in [7, 11) is 2.91. The van der Waals surface area contributed by atoms with Crippen molar-refractivity contribution >= 4 is 17.4 Å². The molecule has 0 bridgehead atoms. The molecular formula is C26H30FN3O3. The molecule has 1 amide bonds. The van der Waals surface area contributed by atoms with Crippen molar-refractivity contribution in [2.75, 3.05) is 19.5 Å². The molecule has 1 heterocycles. The minimum atomic E-state index is -0.661. The molecule has 3 rings (SSSR count). The Bertz CT molecular complexity index is 1110. The molecule has 1 aliphatic rings. The fraction of sp³-hybridized carbons (Fsp3) is 0.308. The zero-order chi connectivity index (χ0) is 24.0. The number of carbonyl (C=O) groups excluding carboxylic acids is 1. The second kappa shape index (κ2) is 10.8. The first-order valence-corrected chi connectivity index (χ1v) is 10.9. The molecule has 1 aliphatic carbocycles. The van der Waals surface area contributed by atoms with Gasteiger partial charge in [-0.05, 0) is 30.6 Å². The van der Waals surface area contributed by atoms with Crippen LogP contribution in [0.3, 0.4) is 0 Å². The third-order valence-electron chi connectivity index (χ3n) is 5.62. The zero-order valence-electron chi connectivity index (χ0n) is 19.5. The number of pyridine rings is 1. The van der Waals surface area contributed by atoms with Crippen LogP contribution < -0.4 is 20.1 Å². The Hall–Kier alpha value is -3.61. The minimum absolute atomic E-state index is 0.0155. The van der Waals surface area contributed by atoms with Crippen molar-refractivity contribution in [3.8, 4) is 11.5 Å². The van der Waals surface area contributed by atoms with Gasteiger partial charge in [0.25, 0.3) is 5.91 Å². The van der Waals surface area contributed by atoms with Crippen LogP contribution in [0.2, 0.25) is 0 Å². The number of aromatic nitrogens is 1. The highest BCUT2D eigenvalue weighted by Gasteiger charge is 2.25. The summed E-state index contributed by atoms with van der Waals surface area (Å²) >= 11 is 0. The van der Waals surface area contributed by atoms with Gasteiger partial charge >= 0.3 is 0 Å². The number of ether oxygens (including phenoxy) is 2. The lowest BCUT2D eigenvalue weighted by Crippen LogP contribution is -2.19. The molecule has 0 spiro atoms. The monoisotopic (exact) mass is 451 g/mol. The van der Waals surface area contributed by atoms with Crippen LogP contribution in [0.5, 0.6) is 11.5 Å². The van der Waals surface area contributed by atoms with E-state index in [-0.39, 0.29) is 11.7 Å². The van der Waals surface area contributed by atoms with Crippen LogP contribution in [0.1, 0.15) is 42.6 Å². The lowest BCUT2D eigenvalue weighted by molar-refractivity contribution is 0.0958. The van der Waals surface area contributed by atoms with Gasteiger partial charge in [-0.1, -0.05) is 31.7 Å². The number of methoxy groups -OCH3 is 1. The summed E-state index contributed by atoms with van der Waals surface area (Å²) in [5.74, 6) is 0.355. The number of aryl methyl sites for hydroxylation is 1. The summed E-state index contributed by atoms with van der Waals surface area (Å²) in [6.07, 6.45) is 10.1. The van der Waals surface area contributed by atoms with E-state index in [1.165, 1.54) is 37.4 Å². The number of allylic oxidation sites excluding steroid dienone is 3. The molecule has 6 nitrogen and oxygen atoms in total. The highest BCUT2D eigenvalue weighted by Crippen LogP contribution is 2.36. The van der Waals surface area contributed by atoms with E-state index in [1.54, 1.807) is 12.3 Å². The van der Waals surface area contributed by atoms with Gasteiger partial charge in [0.2, 0.25) is 0 Å². The molecule has 1 aromatic heterocycles. The summed E-state index contributed by atoms with van der Waals surface area (Å²) in [6, 6.07) is 4.40. The zero-order valence-corrected chi connectivity index (χ0v) is 19.5. The van der Waals surface area contributed by atoms with E-state index < -0.39 is 11.7 Å². The van der Waals surface area contributed by atoms with Gasteiger partial charge in [0.15, 0.2) is 0 Å². The molecule has 1 aromatic carbocycles. The average molecular weight is 452 g/mol. The highest BCUT2D eigenvalue weighted by atomic mass is 19.1. The predicted octanol–water partition coefficient (Wildman–Crippen LogP) is 5.49. The fourth-order valence-corrected chi connectivity index (χ4v) is 3.88. The molecule has 1 fully saturated rings. The number of carbonyl (C=O) groups is 1. The number of amides is 1. The second-order valence-electron chi connectivity index (χ2n) is 7.66. The third-order valence-corrected chi connectivity index (χ3v) is 5.62. The normalized spacial score (nSPS) is 17.8. The Kier molecular flexibility index (Phi) is 7.87. The van der Waals surface area contributed by atoms with Crippen molar-refractivity contribution in [3.05, 3.63) is 77.3 Å². The molecular weight excluding hydrogens is 421 g/mol. The van der Waals surface area contributed by atoms with Gasteiger partial charge in [-0.25, -0.2) is 9.37 Å². The van der Waals surface area contributed by atoms with Crippen molar-refractivity contribution in [1.82, 2.24) is 10.3 Å². The summed E-state index contributed by atoms with van der Waals surface area (Å²) in [4.78, 5) is 16.3. The van der Waals surface area contributed by atoms with Crippen LogP contribution in [0, 0.1) is 5.82 Å². The van der Waals surface area contributed by atoms with E-state index in [0.29, 0.717) is 17.3 Å². The first-order valence-electron chi connectivity index (χ1n) is 10.9. The van der Waals surface area contributed by atoms with E-state index in [4.69, 9.17) is 9.47 Å². The van der Waals surface area contributed by atoms with Gasteiger partial charge in [-0.15, -0.1) is 0 Å². The van der Waals surface area contributed by atoms with Crippen LogP contribution in [0.15, 0.2) is 60.3 Å². The fourth-order valence-electron chi connectivity index (χ4n) is 3.88. The molecule has 2 aromatic rings. The van der Waals surface area contributed by atoms with Gasteiger partial charge < -0.3 is 20.1 Å². The SMILES string of the molecule is C=C/C=C1/CC(Oc2cc(Nc3cc(F)c(C(=O)NC)cc3OC)ncc2CC)C/C1=C/C. The number of rotatable bonds is 8. The smallest absolute Gasteiger partial charge is 0.254 e. The van der Waals surface area contributed by atoms with E-state index in [9.17, 15) is 9.18 Å². The van der Waals surface area contributed by atoms with Crippen molar-refractivity contribution in [3.63, 3.8) is 0 Å². The molecule has 0 saturated heterocycles. The molecule has 7 heteroatoms. The predicted molar refractivity (Wildman–Crippen MR) is 129 cm³/mol. The summed E-state index contributed by atoms with van der Waals surface area (Å²) < 4.78 is 26.3. The van der Waals surface area contributed by atoms with Crippen LogP contribution in [0.25, 0.3) is 0 Å². The average Bonchev–Trinajstić information content (AvgIpc) is 3.20.